The summed E-state index contributed by atoms with van der Waals surface area (Å²) in [6, 6.07) is 9.88. The maximum Gasteiger partial charge on any atom is 0.131 e. The standard InChI is InChI=1S/C16H18N4/c1-10(2)20-15(18)14(19-16(20)13-7-8-13)12-5-3-11(9-17)4-6-12/h3-6,10,13H,7-8,18H2,1-2H3. The number of hydrogen-bond donors (Lipinski definition) is 1. The second-order valence-electron chi connectivity index (χ2n) is 5.63. The van der Waals surface area contributed by atoms with Gasteiger partial charge >= 0.3 is 0 Å². The van der Waals surface area contributed by atoms with E-state index in [1.165, 1.54) is 12.8 Å². The van der Waals surface area contributed by atoms with Crippen LogP contribution < -0.4 is 5.73 Å². The lowest BCUT2D eigenvalue weighted by molar-refractivity contribution is 0.576. The van der Waals surface area contributed by atoms with Gasteiger partial charge in [0.25, 0.3) is 0 Å². The number of rotatable bonds is 3. The molecule has 1 aliphatic rings. The van der Waals surface area contributed by atoms with Crippen molar-refractivity contribution in [3.8, 4) is 17.3 Å². The number of nitriles is 1. The van der Waals surface area contributed by atoms with E-state index in [0.717, 1.165) is 22.9 Å². The average Bonchev–Trinajstić information content (AvgIpc) is 3.22. The van der Waals surface area contributed by atoms with Crippen LogP contribution in [0.15, 0.2) is 24.3 Å². The Bertz CT molecular complexity index is 670. The van der Waals surface area contributed by atoms with Crippen molar-refractivity contribution >= 4 is 5.82 Å². The topological polar surface area (TPSA) is 67.6 Å². The van der Waals surface area contributed by atoms with Crippen molar-refractivity contribution in [2.45, 2.75) is 38.6 Å². The molecule has 1 aromatic heterocycles. The Labute approximate surface area is 118 Å². The summed E-state index contributed by atoms with van der Waals surface area (Å²) >= 11 is 0. The molecule has 0 spiro atoms. The molecular weight excluding hydrogens is 248 g/mol. The molecule has 0 saturated heterocycles. The van der Waals surface area contributed by atoms with Crippen molar-refractivity contribution in [1.82, 2.24) is 9.55 Å². The number of imidazole rings is 1. The molecule has 4 nitrogen and oxygen atoms in total. The molecule has 1 heterocycles. The summed E-state index contributed by atoms with van der Waals surface area (Å²) in [5.74, 6) is 2.40. The summed E-state index contributed by atoms with van der Waals surface area (Å²) in [7, 11) is 0. The lowest BCUT2D eigenvalue weighted by Crippen LogP contribution is -2.08. The molecule has 0 atom stereocenters. The van der Waals surface area contributed by atoms with Gasteiger partial charge in [0.15, 0.2) is 0 Å². The van der Waals surface area contributed by atoms with Crippen LogP contribution in [-0.4, -0.2) is 9.55 Å². The summed E-state index contributed by atoms with van der Waals surface area (Å²) in [6.45, 7) is 4.26. The highest BCUT2D eigenvalue weighted by atomic mass is 15.2. The van der Waals surface area contributed by atoms with E-state index in [0.29, 0.717) is 17.5 Å². The first-order chi connectivity index (χ1) is 9.61. The third-order valence-corrected chi connectivity index (χ3v) is 3.72. The normalized spacial score (nSPS) is 14.5. The predicted molar refractivity (Wildman–Crippen MR) is 79.2 cm³/mol. The minimum atomic E-state index is 0.310. The molecule has 1 aliphatic carbocycles. The summed E-state index contributed by atoms with van der Waals surface area (Å²) in [4.78, 5) is 4.77. The summed E-state index contributed by atoms with van der Waals surface area (Å²) < 4.78 is 2.14. The number of hydrogen-bond acceptors (Lipinski definition) is 3. The Hall–Kier alpha value is -2.28. The van der Waals surface area contributed by atoms with E-state index in [1.807, 2.05) is 12.1 Å². The van der Waals surface area contributed by atoms with Gasteiger partial charge in [-0.05, 0) is 38.8 Å². The third kappa shape index (κ3) is 2.05. The second-order valence-corrected chi connectivity index (χ2v) is 5.63. The Morgan fingerprint density at radius 1 is 1.30 bits per heavy atom. The predicted octanol–water partition coefficient (Wildman–Crippen LogP) is 3.46. The van der Waals surface area contributed by atoms with Crippen molar-refractivity contribution in [3.05, 3.63) is 35.7 Å². The van der Waals surface area contributed by atoms with Crippen LogP contribution in [-0.2, 0) is 0 Å². The number of anilines is 1. The van der Waals surface area contributed by atoms with Gasteiger partial charge in [0.1, 0.15) is 17.3 Å². The Morgan fingerprint density at radius 3 is 2.45 bits per heavy atom. The van der Waals surface area contributed by atoms with E-state index in [4.69, 9.17) is 16.0 Å². The van der Waals surface area contributed by atoms with Gasteiger partial charge in [-0.15, -0.1) is 0 Å². The molecule has 2 N–H and O–H groups in total. The SMILES string of the molecule is CC(C)n1c(C2CC2)nc(-c2ccc(C#N)cc2)c1N. The summed E-state index contributed by atoms with van der Waals surface area (Å²) in [6.07, 6.45) is 2.41. The smallest absolute Gasteiger partial charge is 0.131 e. The van der Waals surface area contributed by atoms with E-state index in [-0.39, 0.29) is 0 Å². The number of nitrogens with two attached hydrogens (primary N) is 1. The van der Waals surface area contributed by atoms with Crippen molar-refractivity contribution in [2.75, 3.05) is 5.73 Å². The highest BCUT2D eigenvalue weighted by molar-refractivity contribution is 5.71. The maximum atomic E-state index is 8.86. The van der Waals surface area contributed by atoms with E-state index in [1.54, 1.807) is 12.1 Å². The summed E-state index contributed by atoms with van der Waals surface area (Å²) in [5, 5.41) is 8.86. The van der Waals surface area contributed by atoms with Gasteiger partial charge in [-0.25, -0.2) is 4.98 Å². The number of nitrogen functional groups attached to an aromatic ring is 1. The molecule has 0 amide bonds. The minimum Gasteiger partial charge on any atom is -0.383 e. The fourth-order valence-electron chi connectivity index (χ4n) is 2.55. The molecule has 0 unspecified atom stereocenters. The molecule has 0 bridgehead atoms. The Balaban J connectivity index is 2.09. The van der Waals surface area contributed by atoms with E-state index in [9.17, 15) is 0 Å². The lowest BCUT2D eigenvalue weighted by atomic mass is 10.1. The monoisotopic (exact) mass is 266 g/mol. The fourth-order valence-corrected chi connectivity index (χ4v) is 2.55. The molecular formula is C16H18N4. The summed E-state index contributed by atoms with van der Waals surface area (Å²) in [5.41, 5.74) is 8.77. The second kappa shape index (κ2) is 4.68. The van der Waals surface area contributed by atoms with Gasteiger partial charge in [0.2, 0.25) is 0 Å². The van der Waals surface area contributed by atoms with Crippen molar-refractivity contribution < 1.29 is 0 Å². The molecule has 102 valence electrons. The van der Waals surface area contributed by atoms with Gasteiger partial charge in [-0.1, -0.05) is 12.1 Å². The molecule has 1 fully saturated rings. The Kier molecular flexibility index (Phi) is 2.98. The first-order valence-electron chi connectivity index (χ1n) is 7.00. The molecule has 3 rings (SSSR count). The van der Waals surface area contributed by atoms with Gasteiger partial charge in [0.05, 0.1) is 11.6 Å². The first-order valence-corrected chi connectivity index (χ1v) is 7.00. The van der Waals surface area contributed by atoms with Gasteiger partial charge in [0, 0.05) is 17.5 Å². The fraction of sp³-hybridized carbons (Fsp3) is 0.375. The van der Waals surface area contributed by atoms with Crippen LogP contribution in [0, 0.1) is 11.3 Å². The number of benzene rings is 1. The molecule has 1 saturated carbocycles. The van der Waals surface area contributed by atoms with Gasteiger partial charge < -0.3 is 10.3 Å². The Morgan fingerprint density at radius 2 is 1.95 bits per heavy atom. The van der Waals surface area contributed by atoms with Crippen molar-refractivity contribution in [3.63, 3.8) is 0 Å². The minimum absolute atomic E-state index is 0.310. The van der Waals surface area contributed by atoms with E-state index in [2.05, 4.69) is 24.5 Å². The van der Waals surface area contributed by atoms with Crippen LogP contribution in [0.1, 0.15) is 50.0 Å². The van der Waals surface area contributed by atoms with Crippen molar-refractivity contribution in [1.29, 1.82) is 5.26 Å². The molecule has 4 heteroatoms. The zero-order valence-electron chi connectivity index (χ0n) is 11.8. The zero-order valence-corrected chi connectivity index (χ0v) is 11.8. The molecule has 2 aromatic rings. The third-order valence-electron chi connectivity index (χ3n) is 3.72. The molecule has 1 aromatic carbocycles. The first kappa shape index (κ1) is 12.7. The van der Waals surface area contributed by atoms with Gasteiger partial charge in [-0.3, -0.25) is 0 Å². The van der Waals surface area contributed by atoms with Crippen LogP contribution in [0.2, 0.25) is 0 Å². The van der Waals surface area contributed by atoms with Crippen LogP contribution in [0.4, 0.5) is 5.82 Å². The van der Waals surface area contributed by atoms with E-state index >= 15 is 0 Å². The molecule has 20 heavy (non-hydrogen) atoms. The quantitative estimate of drug-likeness (QED) is 0.925. The highest BCUT2D eigenvalue weighted by Crippen LogP contribution is 2.43. The van der Waals surface area contributed by atoms with E-state index < -0.39 is 0 Å². The maximum absolute atomic E-state index is 8.86. The largest absolute Gasteiger partial charge is 0.383 e. The number of aromatic nitrogens is 2. The van der Waals surface area contributed by atoms with Crippen LogP contribution in [0.25, 0.3) is 11.3 Å². The molecule has 0 radical (unpaired) electrons. The van der Waals surface area contributed by atoms with Crippen molar-refractivity contribution in [2.24, 2.45) is 0 Å². The van der Waals surface area contributed by atoms with Gasteiger partial charge in [-0.2, -0.15) is 5.26 Å². The highest BCUT2D eigenvalue weighted by Gasteiger charge is 2.31. The molecule has 0 aliphatic heterocycles. The number of nitrogens with zero attached hydrogens (tertiary/aromatic N) is 3. The lowest BCUT2D eigenvalue weighted by Gasteiger charge is -2.13. The van der Waals surface area contributed by atoms with Crippen LogP contribution in [0.5, 0.6) is 0 Å². The average molecular weight is 266 g/mol. The van der Waals surface area contributed by atoms with Crippen LogP contribution in [0.3, 0.4) is 0 Å². The zero-order chi connectivity index (χ0) is 14.3. The van der Waals surface area contributed by atoms with Crippen LogP contribution >= 0.6 is 0 Å².